The Morgan fingerprint density at radius 1 is 1.00 bits per heavy atom. The van der Waals surface area contributed by atoms with E-state index in [9.17, 15) is 0 Å². The molecule has 0 unspecified atom stereocenters. The average molecular weight is 506 g/mol. The highest BCUT2D eigenvalue weighted by Crippen LogP contribution is 2.40. The normalized spacial score (nSPS) is 11.0. The molecule has 0 fully saturated rings. The topological polar surface area (TPSA) is 116 Å². The second-order valence-corrected chi connectivity index (χ2v) is 9.31. The van der Waals surface area contributed by atoms with E-state index in [1.54, 1.807) is 26.6 Å². The molecule has 4 heterocycles. The van der Waals surface area contributed by atoms with Gasteiger partial charge in [0, 0.05) is 18.3 Å². The van der Waals surface area contributed by atoms with Crippen molar-refractivity contribution in [2.24, 2.45) is 7.05 Å². The number of nitrogens with zero attached hydrogens (tertiary/aromatic N) is 8. The number of aromatic nitrogens is 8. The van der Waals surface area contributed by atoms with E-state index < -0.39 is 0 Å². The number of anilines is 2. The van der Waals surface area contributed by atoms with Crippen molar-refractivity contribution in [1.82, 2.24) is 40.4 Å². The molecule has 5 aromatic rings. The first-order valence-corrected chi connectivity index (χ1v) is 11.8. The standard InChI is InChI=1S/C23H20ClN9OS/c1-13-7-8-14(29-28-13)9-15-10-19(17(11-25-15)23-26-12-20(24)35-23)27-18-6-4-5-16(21(18)34-3)22-30-32-33(2)31-22/h4-8,10-12H,9H2,1-3H3,(H,25,27). The third-order valence-electron chi connectivity index (χ3n) is 5.12. The lowest BCUT2D eigenvalue weighted by atomic mass is 10.1. The highest BCUT2D eigenvalue weighted by atomic mass is 35.5. The van der Waals surface area contributed by atoms with E-state index in [2.05, 4.69) is 40.9 Å². The lowest BCUT2D eigenvalue weighted by molar-refractivity contribution is 0.418. The van der Waals surface area contributed by atoms with Crippen LogP contribution in [0.3, 0.4) is 0 Å². The molecule has 4 aromatic heterocycles. The Balaban J connectivity index is 1.56. The Kier molecular flexibility index (Phi) is 6.34. The van der Waals surface area contributed by atoms with E-state index in [0.717, 1.165) is 39.0 Å². The van der Waals surface area contributed by atoms with Gasteiger partial charge < -0.3 is 10.1 Å². The number of benzene rings is 1. The fraction of sp³-hybridized carbons (Fsp3) is 0.174. The monoisotopic (exact) mass is 505 g/mol. The van der Waals surface area contributed by atoms with Crippen molar-refractivity contribution in [2.45, 2.75) is 13.3 Å². The number of pyridine rings is 1. The molecule has 0 saturated carbocycles. The zero-order chi connectivity index (χ0) is 24.4. The molecule has 0 amide bonds. The number of rotatable bonds is 7. The SMILES string of the molecule is COc1c(Nc2cc(Cc3ccc(C)nn3)ncc2-c2ncc(Cl)s2)cccc1-c1nnn(C)n1. The molecule has 1 N–H and O–H groups in total. The van der Waals surface area contributed by atoms with Crippen molar-refractivity contribution < 1.29 is 4.74 Å². The largest absolute Gasteiger partial charge is 0.494 e. The van der Waals surface area contributed by atoms with Crippen LogP contribution in [0, 0.1) is 6.92 Å². The summed E-state index contributed by atoms with van der Waals surface area (Å²) in [7, 11) is 3.32. The first-order chi connectivity index (χ1) is 17.0. The highest BCUT2D eigenvalue weighted by molar-refractivity contribution is 7.18. The van der Waals surface area contributed by atoms with Crippen LogP contribution in [0.25, 0.3) is 22.0 Å². The summed E-state index contributed by atoms with van der Waals surface area (Å²) in [6.45, 7) is 1.91. The molecular weight excluding hydrogens is 486 g/mol. The second-order valence-electron chi connectivity index (χ2n) is 7.65. The Bertz CT molecular complexity index is 1480. The Morgan fingerprint density at radius 2 is 1.89 bits per heavy atom. The van der Waals surface area contributed by atoms with Gasteiger partial charge in [-0.15, -0.1) is 21.5 Å². The van der Waals surface area contributed by atoms with Gasteiger partial charge in [0.2, 0.25) is 5.82 Å². The minimum Gasteiger partial charge on any atom is -0.494 e. The maximum Gasteiger partial charge on any atom is 0.208 e. The van der Waals surface area contributed by atoms with Crippen LogP contribution in [0.4, 0.5) is 11.4 Å². The van der Waals surface area contributed by atoms with Gasteiger partial charge in [-0.2, -0.15) is 15.0 Å². The molecule has 0 atom stereocenters. The molecule has 0 aliphatic heterocycles. The van der Waals surface area contributed by atoms with E-state index >= 15 is 0 Å². The van der Waals surface area contributed by atoms with Gasteiger partial charge in [-0.3, -0.25) is 4.98 Å². The lowest BCUT2D eigenvalue weighted by Gasteiger charge is -2.16. The molecule has 0 aliphatic carbocycles. The van der Waals surface area contributed by atoms with Crippen molar-refractivity contribution in [3.05, 3.63) is 70.2 Å². The number of nitrogens with one attached hydrogen (secondary N) is 1. The van der Waals surface area contributed by atoms with Gasteiger partial charge in [-0.25, -0.2) is 4.98 Å². The van der Waals surface area contributed by atoms with Gasteiger partial charge >= 0.3 is 0 Å². The fourth-order valence-electron chi connectivity index (χ4n) is 3.52. The predicted octanol–water partition coefficient (Wildman–Crippen LogP) is 4.49. The Labute approximate surface area is 210 Å². The van der Waals surface area contributed by atoms with Gasteiger partial charge in [-0.1, -0.05) is 17.7 Å². The van der Waals surface area contributed by atoms with Crippen LogP contribution < -0.4 is 10.1 Å². The minimum absolute atomic E-state index is 0.466. The summed E-state index contributed by atoms with van der Waals surface area (Å²) in [5, 5.41) is 25.0. The summed E-state index contributed by atoms with van der Waals surface area (Å²) < 4.78 is 6.35. The smallest absolute Gasteiger partial charge is 0.208 e. The van der Waals surface area contributed by atoms with Crippen LogP contribution in [0.5, 0.6) is 5.75 Å². The number of thiazole rings is 1. The van der Waals surface area contributed by atoms with Gasteiger partial charge in [-0.05, 0) is 42.5 Å². The van der Waals surface area contributed by atoms with Gasteiger partial charge in [0.1, 0.15) is 9.34 Å². The predicted molar refractivity (Wildman–Crippen MR) is 134 cm³/mol. The van der Waals surface area contributed by atoms with Crippen LogP contribution in [0.1, 0.15) is 17.1 Å². The van der Waals surface area contributed by atoms with E-state index in [1.165, 1.54) is 16.1 Å². The Morgan fingerprint density at radius 3 is 2.57 bits per heavy atom. The van der Waals surface area contributed by atoms with E-state index in [1.807, 2.05) is 43.3 Å². The van der Waals surface area contributed by atoms with Gasteiger partial charge in [0.05, 0.1) is 54.2 Å². The second kappa shape index (κ2) is 9.72. The van der Waals surface area contributed by atoms with Crippen molar-refractivity contribution in [2.75, 3.05) is 12.4 Å². The Hall–Kier alpha value is -3.96. The van der Waals surface area contributed by atoms with Crippen molar-refractivity contribution in [3.63, 3.8) is 0 Å². The van der Waals surface area contributed by atoms with E-state index in [0.29, 0.717) is 27.9 Å². The quantitative estimate of drug-likeness (QED) is 0.341. The zero-order valence-electron chi connectivity index (χ0n) is 19.1. The highest BCUT2D eigenvalue weighted by Gasteiger charge is 2.18. The molecule has 12 heteroatoms. The summed E-state index contributed by atoms with van der Waals surface area (Å²) >= 11 is 7.55. The van der Waals surface area contributed by atoms with Crippen molar-refractivity contribution >= 4 is 34.3 Å². The summed E-state index contributed by atoms with van der Waals surface area (Å²) in [4.78, 5) is 10.5. The molecule has 5 rings (SSSR count). The maximum atomic E-state index is 6.17. The zero-order valence-corrected chi connectivity index (χ0v) is 20.7. The molecule has 35 heavy (non-hydrogen) atoms. The molecular formula is C23H20ClN9OS. The van der Waals surface area contributed by atoms with E-state index in [-0.39, 0.29) is 0 Å². The van der Waals surface area contributed by atoms with Gasteiger partial charge in [0.15, 0.2) is 5.75 Å². The number of para-hydroxylation sites is 1. The number of aryl methyl sites for hydroxylation is 2. The molecule has 0 saturated heterocycles. The third kappa shape index (κ3) is 4.96. The first kappa shape index (κ1) is 22.8. The fourth-order valence-corrected chi connectivity index (χ4v) is 4.46. The number of hydrogen-bond donors (Lipinski definition) is 1. The average Bonchev–Trinajstić information content (AvgIpc) is 3.49. The number of methoxy groups -OCH3 is 1. The van der Waals surface area contributed by atoms with Crippen LogP contribution in [-0.2, 0) is 13.5 Å². The van der Waals surface area contributed by atoms with E-state index in [4.69, 9.17) is 16.3 Å². The number of hydrogen-bond acceptors (Lipinski definition) is 10. The summed E-state index contributed by atoms with van der Waals surface area (Å²) in [5.41, 5.74) is 5.57. The maximum absolute atomic E-state index is 6.17. The molecule has 0 radical (unpaired) electrons. The summed E-state index contributed by atoms with van der Waals surface area (Å²) in [5.74, 6) is 1.06. The summed E-state index contributed by atoms with van der Waals surface area (Å²) in [6.07, 6.45) is 3.94. The van der Waals surface area contributed by atoms with Crippen LogP contribution in [-0.4, -0.2) is 47.5 Å². The molecule has 176 valence electrons. The molecule has 1 aromatic carbocycles. The molecule has 0 bridgehead atoms. The summed E-state index contributed by atoms with van der Waals surface area (Å²) in [6, 6.07) is 11.6. The lowest BCUT2D eigenvalue weighted by Crippen LogP contribution is -2.02. The van der Waals surface area contributed by atoms with Crippen LogP contribution in [0.15, 0.2) is 48.8 Å². The number of tetrazole rings is 1. The molecule has 0 spiro atoms. The van der Waals surface area contributed by atoms with Gasteiger partial charge in [0.25, 0.3) is 0 Å². The van der Waals surface area contributed by atoms with Crippen molar-refractivity contribution in [1.29, 1.82) is 0 Å². The minimum atomic E-state index is 0.466. The van der Waals surface area contributed by atoms with Crippen molar-refractivity contribution in [3.8, 4) is 27.7 Å². The number of ether oxygens (including phenoxy) is 1. The molecule has 0 aliphatic rings. The molecule has 10 nitrogen and oxygen atoms in total. The third-order valence-corrected chi connectivity index (χ3v) is 6.27. The van der Waals surface area contributed by atoms with Crippen LogP contribution >= 0.6 is 22.9 Å². The first-order valence-electron chi connectivity index (χ1n) is 10.6. The van der Waals surface area contributed by atoms with Crippen LogP contribution in [0.2, 0.25) is 4.34 Å². The number of halogens is 1.